The number of hydrogen-bond donors (Lipinski definition) is 0. The molecule has 0 saturated heterocycles. The first kappa shape index (κ1) is 28.6. The molecule has 10 aromatic carbocycles. The Bertz CT molecular complexity index is 3050. The molecular weight excluding hydrogens is 613 g/mol. The van der Waals surface area contributed by atoms with Crippen LogP contribution in [0.2, 0.25) is 0 Å². The Hall–Kier alpha value is -6.24. The highest BCUT2D eigenvalue weighted by Crippen LogP contribution is 2.56. The molecule has 0 heterocycles. The summed E-state index contributed by atoms with van der Waals surface area (Å²) in [6.07, 6.45) is 0. The molecule has 0 heteroatoms. The Labute approximate surface area is 297 Å². The maximum atomic E-state index is 2.45. The van der Waals surface area contributed by atoms with E-state index in [9.17, 15) is 0 Å². The first-order valence-corrected chi connectivity index (χ1v) is 18.0. The van der Waals surface area contributed by atoms with Crippen molar-refractivity contribution in [2.75, 3.05) is 0 Å². The first-order valence-electron chi connectivity index (χ1n) is 18.0. The fraction of sp³-hybridized carbons (Fsp3) is 0.0588. The average Bonchev–Trinajstić information content (AvgIpc) is 3.43. The molecule has 51 heavy (non-hydrogen) atoms. The molecule has 238 valence electrons. The average molecular weight is 647 g/mol. The van der Waals surface area contributed by atoms with Gasteiger partial charge in [0.1, 0.15) is 0 Å². The standard InChI is InChI=1S/C51H34/c1-51(2)45-25-13-24-42(49(45)43-29-28-32-15-4-6-17-35(32)50(43)51)47-38-20-9-11-22-40(38)48(41-23-12-10-21-39(41)47)44-30-33-27-26-31-14-3-5-16-34(31)46(33)37-19-8-7-18-36(37)44/h3-30H,1-2H3. The molecule has 0 fully saturated rings. The zero-order chi connectivity index (χ0) is 33.8. The minimum Gasteiger partial charge on any atom is -0.0616 e. The van der Waals surface area contributed by atoms with Crippen molar-refractivity contribution in [1.29, 1.82) is 0 Å². The summed E-state index contributed by atoms with van der Waals surface area (Å²) < 4.78 is 0. The molecule has 0 amide bonds. The second kappa shape index (κ2) is 10.4. The quantitative estimate of drug-likeness (QED) is 0.129. The fourth-order valence-corrected chi connectivity index (χ4v) is 9.65. The van der Waals surface area contributed by atoms with Gasteiger partial charge >= 0.3 is 0 Å². The van der Waals surface area contributed by atoms with E-state index in [1.54, 1.807) is 0 Å². The monoisotopic (exact) mass is 646 g/mol. The van der Waals surface area contributed by atoms with Crippen molar-refractivity contribution >= 4 is 64.6 Å². The van der Waals surface area contributed by atoms with Crippen molar-refractivity contribution in [2.45, 2.75) is 19.3 Å². The third kappa shape index (κ3) is 3.85. The summed E-state index contributed by atoms with van der Waals surface area (Å²) in [5.74, 6) is 0. The minimum atomic E-state index is -0.124. The molecular formula is C51H34. The van der Waals surface area contributed by atoms with Gasteiger partial charge in [0.2, 0.25) is 0 Å². The van der Waals surface area contributed by atoms with E-state index in [0.717, 1.165) is 0 Å². The molecule has 0 N–H and O–H groups in total. The molecule has 0 saturated carbocycles. The largest absolute Gasteiger partial charge is 0.0616 e. The molecule has 0 unspecified atom stereocenters. The zero-order valence-corrected chi connectivity index (χ0v) is 28.7. The van der Waals surface area contributed by atoms with Crippen LogP contribution in [0.1, 0.15) is 25.0 Å². The van der Waals surface area contributed by atoms with Gasteiger partial charge in [0.15, 0.2) is 0 Å². The SMILES string of the molecule is CC1(C)c2cccc(-c3c4ccccc4c(-c4cc5ccc6ccccc6c5c5ccccc45)c4ccccc34)c2-c2ccc3ccccc3c21. The molecule has 10 aromatic rings. The molecule has 0 radical (unpaired) electrons. The highest BCUT2D eigenvalue weighted by Gasteiger charge is 2.38. The van der Waals surface area contributed by atoms with Crippen LogP contribution in [0, 0.1) is 0 Å². The lowest BCUT2D eigenvalue weighted by atomic mass is 9.79. The molecule has 0 nitrogen and oxygen atoms in total. The van der Waals surface area contributed by atoms with Crippen molar-refractivity contribution in [3.05, 3.63) is 181 Å². The zero-order valence-electron chi connectivity index (χ0n) is 28.7. The van der Waals surface area contributed by atoms with E-state index in [4.69, 9.17) is 0 Å². The smallest absolute Gasteiger partial charge is 0.0165 e. The van der Waals surface area contributed by atoms with Gasteiger partial charge in [0, 0.05) is 5.41 Å². The lowest BCUT2D eigenvalue weighted by Crippen LogP contribution is -2.15. The summed E-state index contributed by atoms with van der Waals surface area (Å²) >= 11 is 0. The van der Waals surface area contributed by atoms with Gasteiger partial charge in [-0.2, -0.15) is 0 Å². The number of fused-ring (bicyclic) bond motifs is 12. The molecule has 0 spiro atoms. The maximum Gasteiger partial charge on any atom is 0.0165 e. The van der Waals surface area contributed by atoms with Crippen LogP contribution in [0.25, 0.3) is 98.0 Å². The van der Waals surface area contributed by atoms with Crippen molar-refractivity contribution in [3.8, 4) is 33.4 Å². The lowest BCUT2D eigenvalue weighted by Gasteiger charge is -2.24. The topological polar surface area (TPSA) is 0 Å². The van der Waals surface area contributed by atoms with Crippen molar-refractivity contribution in [1.82, 2.24) is 0 Å². The van der Waals surface area contributed by atoms with Gasteiger partial charge in [0.05, 0.1) is 0 Å². The third-order valence-electron chi connectivity index (χ3n) is 11.8. The molecule has 1 aliphatic rings. The van der Waals surface area contributed by atoms with E-state index in [0.29, 0.717) is 0 Å². The number of rotatable bonds is 2. The van der Waals surface area contributed by atoms with Gasteiger partial charge in [-0.3, -0.25) is 0 Å². The van der Waals surface area contributed by atoms with Gasteiger partial charge in [-0.1, -0.05) is 178 Å². The fourth-order valence-electron chi connectivity index (χ4n) is 9.65. The van der Waals surface area contributed by atoms with Crippen molar-refractivity contribution < 1.29 is 0 Å². The highest BCUT2D eigenvalue weighted by atomic mass is 14.4. The van der Waals surface area contributed by atoms with E-state index in [-0.39, 0.29) is 5.41 Å². The predicted molar refractivity (Wildman–Crippen MR) is 220 cm³/mol. The summed E-state index contributed by atoms with van der Waals surface area (Å²) in [5.41, 5.74) is 10.6. The second-order valence-corrected chi connectivity index (χ2v) is 14.8. The van der Waals surface area contributed by atoms with Crippen molar-refractivity contribution in [3.63, 3.8) is 0 Å². The van der Waals surface area contributed by atoms with Gasteiger partial charge in [-0.15, -0.1) is 0 Å². The summed E-state index contributed by atoms with van der Waals surface area (Å²) in [5, 5.41) is 15.5. The predicted octanol–water partition coefficient (Wildman–Crippen LogP) is 14.2. The van der Waals surface area contributed by atoms with Crippen LogP contribution in [0.3, 0.4) is 0 Å². The number of hydrogen-bond acceptors (Lipinski definition) is 0. The number of benzene rings is 10. The van der Waals surface area contributed by atoms with Crippen LogP contribution in [-0.4, -0.2) is 0 Å². The molecule has 0 bridgehead atoms. The Balaban J connectivity index is 1.27. The Morgan fingerprint density at radius 2 is 0.804 bits per heavy atom. The first-order chi connectivity index (χ1) is 25.1. The van der Waals surface area contributed by atoms with Gasteiger partial charge in [-0.05, 0) is 115 Å². The molecule has 11 rings (SSSR count). The normalized spacial score (nSPS) is 13.5. The van der Waals surface area contributed by atoms with E-state index in [1.165, 1.54) is 109 Å². The summed E-state index contributed by atoms with van der Waals surface area (Å²) in [4.78, 5) is 0. The summed E-state index contributed by atoms with van der Waals surface area (Å²) in [6.45, 7) is 4.81. The van der Waals surface area contributed by atoms with Crippen LogP contribution >= 0.6 is 0 Å². The van der Waals surface area contributed by atoms with E-state index in [2.05, 4.69) is 184 Å². The Kier molecular flexibility index (Phi) is 5.82. The second-order valence-electron chi connectivity index (χ2n) is 14.8. The van der Waals surface area contributed by atoms with Crippen LogP contribution in [0.4, 0.5) is 0 Å². The van der Waals surface area contributed by atoms with Crippen LogP contribution in [0.5, 0.6) is 0 Å². The maximum absolute atomic E-state index is 2.45. The van der Waals surface area contributed by atoms with Crippen LogP contribution < -0.4 is 0 Å². The van der Waals surface area contributed by atoms with Gasteiger partial charge in [0.25, 0.3) is 0 Å². The van der Waals surface area contributed by atoms with Gasteiger partial charge in [-0.25, -0.2) is 0 Å². The lowest BCUT2D eigenvalue weighted by molar-refractivity contribution is 0.666. The minimum absolute atomic E-state index is 0.124. The molecule has 0 atom stereocenters. The van der Waals surface area contributed by atoms with Crippen molar-refractivity contribution in [2.24, 2.45) is 0 Å². The van der Waals surface area contributed by atoms with E-state index < -0.39 is 0 Å². The molecule has 0 aliphatic heterocycles. The van der Waals surface area contributed by atoms with E-state index in [1.807, 2.05) is 0 Å². The van der Waals surface area contributed by atoms with Crippen LogP contribution in [-0.2, 0) is 5.41 Å². The summed E-state index contributed by atoms with van der Waals surface area (Å²) in [7, 11) is 0. The van der Waals surface area contributed by atoms with Gasteiger partial charge < -0.3 is 0 Å². The van der Waals surface area contributed by atoms with Crippen LogP contribution in [0.15, 0.2) is 170 Å². The Morgan fingerprint density at radius 1 is 0.314 bits per heavy atom. The van der Waals surface area contributed by atoms with E-state index >= 15 is 0 Å². The third-order valence-corrected chi connectivity index (χ3v) is 11.8. The summed E-state index contributed by atoms with van der Waals surface area (Å²) in [6, 6.07) is 63.6. The molecule has 1 aliphatic carbocycles. The molecule has 0 aromatic heterocycles. The Morgan fingerprint density at radius 3 is 1.47 bits per heavy atom. The highest BCUT2D eigenvalue weighted by molar-refractivity contribution is 6.29.